The second-order valence-electron chi connectivity index (χ2n) is 6.62. The maximum atomic E-state index is 13.4. The molecule has 2 aromatic heterocycles. The molecule has 0 bridgehead atoms. The highest BCUT2D eigenvalue weighted by Gasteiger charge is 2.25. The number of aryl methyl sites for hydroxylation is 1. The van der Waals surface area contributed by atoms with Crippen LogP contribution in [-0.2, 0) is 20.0 Å². The van der Waals surface area contributed by atoms with E-state index in [4.69, 9.17) is 0 Å². The van der Waals surface area contributed by atoms with E-state index in [9.17, 15) is 9.18 Å². The summed E-state index contributed by atoms with van der Waals surface area (Å²) >= 11 is 0. The second-order valence-corrected chi connectivity index (χ2v) is 6.62. The fourth-order valence-corrected chi connectivity index (χ4v) is 3.62. The van der Waals surface area contributed by atoms with E-state index in [-0.39, 0.29) is 11.4 Å². The first-order chi connectivity index (χ1) is 12.1. The third kappa shape index (κ3) is 3.19. The van der Waals surface area contributed by atoms with Crippen LogP contribution in [0, 0.1) is 5.82 Å². The zero-order chi connectivity index (χ0) is 17.4. The Morgan fingerprint density at radius 2 is 2.28 bits per heavy atom. The number of hydrogen-bond acceptors (Lipinski definition) is 4. The molecule has 130 valence electrons. The van der Waals surface area contributed by atoms with Crippen LogP contribution in [0.4, 0.5) is 4.39 Å². The zero-order valence-electron chi connectivity index (χ0n) is 14.1. The minimum Gasteiger partial charge on any atom is -0.309 e. The molecule has 1 atom stereocenters. The van der Waals surface area contributed by atoms with Crippen LogP contribution in [0.5, 0.6) is 0 Å². The van der Waals surface area contributed by atoms with Crippen LogP contribution in [0.15, 0.2) is 35.3 Å². The van der Waals surface area contributed by atoms with Crippen molar-refractivity contribution in [2.24, 2.45) is 7.05 Å². The van der Waals surface area contributed by atoms with Gasteiger partial charge >= 0.3 is 0 Å². The van der Waals surface area contributed by atoms with Gasteiger partial charge < -0.3 is 4.98 Å². The number of nitrogens with zero attached hydrogens (tertiary/aromatic N) is 4. The van der Waals surface area contributed by atoms with Crippen molar-refractivity contribution in [3.8, 4) is 0 Å². The summed E-state index contributed by atoms with van der Waals surface area (Å²) in [5.74, 6) is 0.446. The molecule has 1 aliphatic heterocycles. The predicted molar refractivity (Wildman–Crippen MR) is 92.7 cm³/mol. The Kier molecular flexibility index (Phi) is 4.09. The molecule has 25 heavy (non-hydrogen) atoms. The number of H-pyrrole nitrogens is 1. The minimum absolute atomic E-state index is 0.158. The number of nitrogens with one attached hydrogen (secondary N) is 1. The smallest absolute Gasteiger partial charge is 0.262 e. The van der Waals surface area contributed by atoms with Gasteiger partial charge in [0.1, 0.15) is 17.0 Å². The molecule has 3 aromatic rings. The van der Waals surface area contributed by atoms with Gasteiger partial charge in [-0.2, -0.15) is 5.10 Å². The highest BCUT2D eigenvalue weighted by Crippen LogP contribution is 2.23. The summed E-state index contributed by atoms with van der Waals surface area (Å²) in [6.45, 7) is 1.53. The van der Waals surface area contributed by atoms with Gasteiger partial charge in [0.2, 0.25) is 0 Å². The van der Waals surface area contributed by atoms with Crippen molar-refractivity contribution in [1.82, 2.24) is 24.6 Å². The van der Waals surface area contributed by atoms with E-state index in [1.165, 1.54) is 12.3 Å². The molecule has 0 radical (unpaired) electrons. The highest BCUT2D eigenvalue weighted by atomic mass is 19.1. The number of aromatic amines is 1. The topological polar surface area (TPSA) is 66.8 Å². The lowest BCUT2D eigenvalue weighted by molar-refractivity contribution is 0.238. The number of rotatable bonds is 4. The number of aromatic nitrogens is 4. The molecular formula is C18H20FN5O. The van der Waals surface area contributed by atoms with Crippen LogP contribution in [0.2, 0.25) is 0 Å². The van der Waals surface area contributed by atoms with Gasteiger partial charge in [-0.05, 0) is 43.5 Å². The van der Waals surface area contributed by atoms with E-state index >= 15 is 0 Å². The zero-order valence-corrected chi connectivity index (χ0v) is 14.1. The highest BCUT2D eigenvalue weighted by molar-refractivity contribution is 5.72. The largest absolute Gasteiger partial charge is 0.309 e. The standard InChI is InChI=1S/C18H20FN5O/c1-23-17-15(10-20-23)18(25)22-16(21-17)11-24-7-3-6-14(24)9-12-4-2-5-13(19)8-12/h2,4-5,8,10,14H,3,6-7,9,11H2,1H3,(H,21,22,25)/t14-/m1/s1. The molecule has 7 heteroatoms. The first-order valence-corrected chi connectivity index (χ1v) is 8.49. The number of benzene rings is 1. The van der Waals surface area contributed by atoms with Crippen molar-refractivity contribution < 1.29 is 4.39 Å². The third-order valence-corrected chi connectivity index (χ3v) is 4.86. The van der Waals surface area contributed by atoms with Crippen molar-refractivity contribution >= 4 is 11.0 Å². The minimum atomic E-state index is -0.199. The van der Waals surface area contributed by atoms with E-state index in [2.05, 4.69) is 20.0 Å². The van der Waals surface area contributed by atoms with Gasteiger partial charge in [-0.25, -0.2) is 9.37 Å². The van der Waals surface area contributed by atoms with E-state index in [1.807, 2.05) is 6.07 Å². The normalized spacial score (nSPS) is 18.2. The number of halogens is 1. The summed E-state index contributed by atoms with van der Waals surface area (Å²) < 4.78 is 15.0. The van der Waals surface area contributed by atoms with E-state index in [0.29, 0.717) is 29.4 Å². The summed E-state index contributed by atoms with van der Waals surface area (Å²) in [6.07, 6.45) is 4.50. The van der Waals surface area contributed by atoms with Crippen LogP contribution < -0.4 is 5.56 Å². The summed E-state index contributed by atoms with van der Waals surface area (Å²) in [4.78, 5) is 21.9. The van der Waals surface area contributed by atoms with Crippen LogP contribution in [0.25, 0.3) is 11.0 Å². The van der Waals surface area contributed by atoms with Gasteiger partial charge in [0.25, 0.3) is 5.56 Å². The Balaban J connectivity index is 1.55. The van der Waals surface area contributed by atoms with Crippen molar-refractivity contribution in [2.75, 3.05) is 6.54 Å². The second kappa shape index (κ2) is 6.40. The average molecular weight is 341 g/mol. The van der Waals surface area contributed by atoms with Gasteiger partial charge in [0.15, 0.2) is 5.65 Å². The van der Waals surface area contributed by atoms with Crippen molar-refractivity contribution in [3.63, 3.8) is 0 Å². The first-order valence-electron chi connectivity index (χ1n) is 8.49. The maximum Gasteiger partial charge on any atom is 0.262 e. The van der Waals surface area contributed by atoms with Gasteiger partial charge in [-0.15, -0.1) is 0 Å². The third-order valence-electron chi connectivity index (χ3n) is 4.86. The van der Waals surface area contributed by atoms with Gasteiger partial charge in [-0.3, -0.25) is 14.4 Å². The molecule has 4 rings (SSSR count). The van der Waals surface area contributed by atoms with Gasteiger partial charge in [0.05, 0.1) is 12.7 Å². The fraction of sp³-hybridized carbons (Fsp3) is 0.389. The molecule has 6 nitrogen and oxygen atoms in total. The Morgan fingerprint density at radius 3 is 3.12 bits per heavy atom. The maximum absolute atomic E-state index is 13.4. The number of likely N-dealkylation sites (tertiary alicyclic amines) is 1. The Hall–Kier alpha value is -2.54. The summed E-state index contributed by atoms with van der Waals surface area (Å²) in [6, 6.07) is 7.10. The molecule has 1 aliphatic rings. The van der Waals surface area contributed by atoms with Crippen molar-refractivity contribution in [3.05, 3.63) is 58.0 Å². The van der Waals surface area contributed by atoms with Crippen molar-refractivity contribution in [2.45, 2.75) is 31.8 Å². The monoisotopic (exact) mass is 341 g/mol. The molecule has 0 unspecified atom stereocenters. The van der Waals surface area contributed by atoms with Crippen LogP contribution in [0.3, 0.4) is 0 Å². The number of fused-ring (bicyclic) bond motifs is 1. The van der Waals surface area contributed by atoms with Gasteiger partial charge in [0, 0.05) is 13.1 Å². The number of hydrogen-bond donors (Lipinski definition) is 1. The molecule has 0 spiro atoms. The predicted octanol–water partition coefficient (Wildman–Crippen LogP) is 2.00. The average Bonchev–Trinajstić information content (AvgIpc) is 3.15. The summed E-state index contributed by atoms with van der Waals surface area (Å²) in [7, 11) is 1.78. The molecule has 1 N–H and O–H groups in total. The summed E-state index contributed by atoms with van der Waals surface area (Å²) in [5.41, 5.74) is 1.44. The van der Waals surface area contributed by atoms with Crippen LogP contribution in [0.1, 0.15) is 24.2 Å². The first kappa shape index (κ1) is 16.0. The lowest BCUT2D eigenvalue weighted by atomic mass is 10.0. The molecule has 0 saturated carbocycles. The van der Waals surface area contributed by atoms with Crippen LogP contribution in [-0.4, -0.2) is 37.2 Å². The SMILES string of the molecule is Cn1ncc2c(=O)[nH]c(CN3CCC[C@@H]3Cc3cccc(F)c3)nc21. The summed E-state index contributed by atoms with van der Waals surface area (Å²) in [5, 5.41) is 4.60. The molecule has 1 fully saturated rings. The van der Waals surface area contributed by atoms with E-state index in [0.717, 1.165) is 31.4 Å². The lowest BCUT2D eigenvalue weighted by Gasteiger charge is -2.24. The quantitative estimate of drug-likeness (QED) is 0.788. The Labute approximate surface area is 144 Å². The molecule has 1 aromatic carbocycles. The van der Waals surface area contributed by atoms with E-state index < -0.39 is 0 Å². The lowest BCUT2D eigenvalue weighted by Crippen LogP contribution is -2.32. The van der Waals surface area contributed by atoms with E-state index in [1.54, 1.807) is 23.9 Å². The fourth-order valence-electron chi connectivity index (χ4n) is 3.62. The molecule has 0 aliphatic carbocycles. The Bertz CT molecular complexity index is 963. The molecular weight excluding hydrogens is 321 g/mol. The van der Waals surface area contributed by atoms with Crippen molar-refractivity contribution in [1.29, 1.82) is 0 Å². The molecule has 1 saturated heterocycles. The molecule has 0 amide bonds. The molecule has 3 heterocycles. The van der Waals surface area contributed by atoms with Gasteiger partial charge in [-0.1, -0.05) is 12.1 Å². The Morgan fingerprint density at radius 1 is 1.40 bits per heavy atom. The van der Waals surface area contributed by atoms with Crippen LogP contribution >= 0.6 is 0 Å².